The maximum absolute atomic E-state index is 11.8. The van der Waals surface area contributed by atoms with Gasteiger partial charge in [0.25, 0.3) is 26.3 Å². The topological polar surface area (TPSA) is 43.4 Å². The van der Waals surface area contributed by atoms with Crippen LogP contribution in [0.3, 0.4) is 0 Å². The van der Waals surface area contributed by atoms with Crippen LogP contribution in [0.4, 0.5) is 9.59 Å². The average molecular weight is 278 g/mol. The van der Waals surface area contributed by atoms with Gasteiger partial charge < -0.3 is 4.74 Å². The molecule has 104 valence electrons. The highest BCUT2D eigenvalue weighted by atomic mass is 16.6. The Labute approximate surface area is 125 Å². The first-order chi connectivity index (χ1) is 10.1. The number of hydrogen-bond donors (Lipinski definition) is 0. The van der Waals surface area contributed by atoms with Crippen LogP contribution in [0.2, 0.25) is 0 Å². The van der Waals surface area contributed by atoms with E-state index in [4.69, 9.17) is 4.74 Å². The lowest BCUT2D eigenvalue weighted by Gasteiger charge is -2.06. The van der Waals surface area contributed by atoms with Gasteiger partial charge in [0.2, 0.25) is 0 Å². The van der Waals surface area contributed by atoms with E-state index in [9.17, 15) is 9.59 Å². The molecule has 0 atom stereocenters. The zero-order chi connectivity index (χ0) is 15.2. The van der Waals surface area contributed by atoms with Gasteiger partial charge in [-0.3, -0.25) is 9.59 Å². The molecule has 2 aromatic carbocycles. The van der Waals surface area contributed by atoms with Crippen LogP contribution in [-0.4, -0.2) is 26.3 Å². The molecule has 5 heteroatoms. The molecule has 0 bridgehead atoms. The molecule has 2 aromatic rings. The summed E-state index contributed by atoms with van der Waals surface area (Å²) in [4.78, 5) is 23.6. The number of benzene rings is 2. The molecule has 0 unspecified atom stereocenters. The fourth-order valence-electron chi connectivity index (χ4n) is 2.13. The molecule has 0 aliphatic heterocycles. The Kier molecular flexibility index (Phi) is 4.99. The molecule has 0 saturated heterocycles. The highest BCUT2D eigenvalue weighted by Crippen LogP contribution is 1.95. The van der Waals surface area contributed by atoms with Crippen LogP contribution in [0, 0.1) is 13.8 Å². The molecule has 0 spiro atoms. The molecule has 0 aromatic heterocycles. The number of carbonyl (C=O) groups is 2. The van der Waals surface area contributed by atoms with Crippen molar-refractivity contribution in [2.24, 2.45) is 0 Å². The number of ether oxygens (including phenoxy) is 1. The van der Waals surface area contributed by atoms with Crippen molar-refractivity contribution in [1.29, 1.82) is 0 Å². The molecule has 0 radical (unpaired) electrons. The van der Waals surface area contributed by atoms with Gasteiger partial charge in [-0.15, -0.1) is 0 Å². The smallest absolute Gasteiger partial charge is 0.294 e. The summed E-state index contributed by atoms with van der Waals surface area (Å²) in [5, 5.41) is 0. The zero-order valence-corrected chi connectivity index (χ0v) is 12.3. The van der Waals surface area contributed by atoms with Crippen molar-refractivity contribution in [2.45, 2.75) is 13.8 Å². The first-order valence-corrected chi connectivity index (χ1v) is 6.89. The van der Waals surface area contributed by atoms with Gasteiger partial charge in [0.1, 0.15) is 0 Å². The Morgan fingerprint density at radius 3 is 1.52 bits per heavy atom. The predicted molar refractivity (Wildman–Crippen MR) is 87.8 cm³/mol. The molecule has 2 rings (SSSR count). The maximum Gasteiger partial charge on any atom is 0.294 e. The van der Waals surface area contributed by atoms with Crippen molar-refractivity contribution in [3.05, 3.63) is 59.7 Å². The molecule has 21 heavy (non-hydrogen) atoms. The van der Waals surface area contributed by atoms with Gasteiger partial charge >= 0.3 is 0 Å². The Morgan fingerprint density at radius 2 is 1.14 bits per heavy atom. The summed E-state index contributed by atoms with van der Waals surface area (Å²) in [5.41, 5.74) is 3.79. The summed E-state index contributed by atoms with van der Waals surface area (Å²) in [7, 11) is 0.234. The van der Waals surface area contributed by atoms with Crippen molar-refractivity contribution in [2.75, 3.05) is 0 Å². The van der Waals surface area contributed by atoms with Crippen LogP contribution in [-0.2, 0) is 4.74 Å². The maximum atomic E-state index is 11.8. The zero-order valence-electron chi connectivity index (χ0n) is 12.3. The van der Waals surface area contributed by atoms with Crippen LogP contribution in [0.15, 0.2) is 48.5 Å². The largest absolute Gasteiger partial charge is 0.410 e. The van der Waals surface area contributed by atoms with Crippen molar-refractivity contribution in [1.82, 2.24) is 0 Å². The predicted octanol–water partition coefficient (Wildman–Crippen LogP) is 1.38. The molecule has 0 saturated carbocycles. The molecule has 0 aliphatic carbocycles. The third kappa shape index (κ3) is 4.35. The second-order valence-electron chi connectivity index (χ2n) is 5.05. The van der Waals surface area contributed by atoms with Crippen molar-refractivity contribution >= 4 is 37.2 Å². The Hall–Kier alpha value is -2.29. The Bertz CT molecular complexity index is 611. The van der Waals surface area contributed by atoms with Crippen molar-refractivity contribution < 1.29 is 14.3 Å². The fourth-order valence-corrected chi connectivity index (χ4v) is 2.13. The molecular formula is C16H16B2O3. The average Bonchev–Trinajstić information content (AvgIpc) is 2.44. The lowest BCUT2D eigenvalue weighted by atomic mass is 9.67. The van der Waals surface area contributed by atoms with E-state index in [1.165, 1.54) is 0 Å². The molecular weight excluding hydrogens is 262 g/mol. The van der Waals surface area contributed by atoms with Gasteiger partial charge in [0.05, 0.1) is 0 Å². The summed E-state index contributed by atoms with van der Waals surface area (Å²) in [6, 6.07) is 15.1. The summed E-state index contributed by atoms with van der Waals surface area (Å²) in [5.74, 6) is -1.02. The summed E-state index contributed by atoms with van der Waals surface area (Å²) >= 11 is 0. The third-order valence-electron chi connectivity index (χ3n) is 3.42. The minimum atomic E-state index is -0.511. The highest BCUT2D eigenvalue weighted by Gasteiger charge is 2.16. The summed E-state index contributed by atoms with van der Waals surface area (Å²) in [6.07, 6.45) is 0. The Morgan fingerprint density at radius 1 is 0.762 bits per heavy atom. The number of rotatable bonds is 4. The molecule has 0 aliphatic rings. The van der Waals surface area contributed by atoms with Crippen LogP contribution in [0.1, 0.15) is 11.1 Å². The van der Waals surface area contributed by atoms with Crippen LogP contribution >= 0.6 is 0 Å². The first-order valence-electron chi connectivity index (χ1n) is 6.89. The van der Waals surface area contributed by atoms with Crippen LogP contribution in [0.25, 0.3) is 0 Å². The van der Waals surface area contributed by atoms with E-state index < -0.39 is 11.7 Å². The SMILES string of the molecule is Cc1ccccc1BC(=O)OC(=O)Bc1ccccc1C. The van der Waals surface area contributed by atoms with Gasteiger partial charge in [-0.25, -0.2) is 0 Å². The van der Waals surface area contributed by atoms with Gasteiger partial charge in [0.15, 0.2) is 0 Å². The summed E-state index contributed by atoms with van der Waals surface area (Å²) in [6.45, 7) is 3.86. The summed E-state index contributed by atoms with van der Waals surface area (Å²) < 4.78 is 4.89. The molecule has 3 nitrogen and oxygen atoms in total. The number of carbonyl (C=O) groups excluding carboxylic acids is 2. The van der Waals surface area contributed by atoms with E-state index in [2.05, 4.69) is 0 Å². The van der Waals surface area contributed by atoms with Crippen LogP contribution < -0.4 is 10.9 Å². The van der Waals surface area contributed by atoms with E-state index >= 15 is 0 Å². The lowest BCUT2D eigenvalue weighted by molar-refractivity contribution is 0.184. The van der Waals surface area contributed by atoms with E-state index in [-0.39, 0.29) is 14.6 Å². The van der Waals surface area contributed by atoms with E-state index in [1.807, 2.05) is 62.4 Å². The minimum Gasteiger partial charge on any atom is -0.410 e. The second kappa shape index (κ2) is 6.93. The number of aryl methyl sites for hydroxylation is 2. The standard InChI is InChI=1S/C16H16B2O3/c1-11-7-3-5-9-13(11)17-15(19)21-16(20)18-14-10-6-4-8-12(14)2/h3-10,17-18H,1-2H3. The number of hydrogen-bond acceptors (Lipinski definition) is 3. The van der Waals surface area contributed by atoms with Crippen LogP contribution in [0.5, 0.6) is 0 Å². The monoisotopic (exact) mass is 278 g/mol. The molecule has 0 heterocycles. The first kappa shape index (κ1) is 15.1. The second-order valence-corrected chi connectivity index (χ2v) is 5.05. The van der Waals surface area contributed by atoms with Crippen molar-refractivity contribution in [3.8, 4) is 0 Å². The van der Waals surface area contributed by atoms with Gasteiger partial charge in [-0.1, -0.05) is 70.6 Å². The third-order valence-corrected chi connectivity index (χ3v) is 3.42. The Balaban J connectivity index is 1.93. The van der Waals surface area contributed by atoms with E-state index in [0.717, 1.165) is 22.1 Å². The van der Waals surface area contributed by atoms with E-state index in [1.54, 1.807) is 0 Å². The van der Waals surface area contributed by atoms with Gasteiger partial charge in [0, 0.05) is 0 Å². The highest BCUT2D eigenvalue weighted by molar-refractivity contribution is 6.87. The lowest BCUT2D eigenvalue weighted by Crippen LogP contribution is -2.32. The normalized spacial score (nSPS) is 9.81. The molecule has 0 amide bonds. The molecule has 0 N–H and O–H groups in total. The molecule has 0 fully saturated rings. The quantitative estimate of drug-likeness (QED) is 0.627. The van der Waals surface area contributed by atoms with E-state index in [0.29, 0.717) is 0 Å². The van der Waals surface area contributed by atoms with Gasteiger partial charge in [-0.05, 0) is 13.8 Å². The fraction of sp³-hybridized carbons (Fsp3) is 0.125. The van der Waals surface area contributed by atoms with Gasteiger partial charge in [-0.2, -0.15) is 0 Å². The van der Waals surface area contributed by atoms with Crippen molar-refractivity contribution in [3.63, 3.8) is 0 Å². The minimum absolute atomic E-state index is 0.117.